The first-order chi connectivity index (χ1) is 8.26. The van der Waals surface area contributed by atoms with Crippen molar-refractivity contribution in [2.75, 3.05) is 7.11 Å². The van der Waals surface area contributed by atoms with Crippen molar-refractivity contribution in [3.63, 3.8) is 0 Å². The molecule has 0 fully saturated rings. The Hall–Kier alpha value is -2.23. The normalized spacial score (nSPS) is 10.0. The monoisotopic (exact) mass is 231 g/mol. The molecule has 4 heteroatoms. The minimum Gasteiger partial charge on any atom is -0.481 e. The molecule has 0 saturated carbocycles. The number of nitrogens with zero attached hydrogens (tertiary/aromatic N) is 1. The highest BCUT2D eigenvalue weighted by molar-refractivity contribution is 5.80. The maximum Gasteiger partial charge on any atom is 0.221 e. The molecule has 0 radical (unpaired) electrons. The van der Waals surface area contributed by atoms with Gasteiger partial charge in [-0.2, -0.15) is 0 Å². The summed E-state index contributed by atoms with van der Waals surface area (Å²) in [5.74, 6) is -0.0948. The standard InChI is InChI=1S/C13H10FNO2/c1-17-13-11(3-2-6-15-13)9-4-5-12(14)10(7-9)8-16/h2-8H,1H3. The topological polar surface area (TPSA) is 39.2 Å². The number of aldehydes is 1. The van der Waals surface area contributed by atoms with Crippen molar-refractivity contribution < 1.29 is 13.9 Å². The van der Waals surface area contributed by atoms with Crippen LogP contribution in [0.2, 0.25) is 0 Å². The Kier molecular flexibility index (Phi) is 3.14. The van der Waals surface area contributed by atoms with Gasteiger partial charge in [-0.15, -0.1) is 0 Å². The fourth-order valence-electron chi connectivity index (χ4n) is 1.57. The molecule has 0 bridgehead atoms. The number of pyridine rings is 1. The zero-order chi connectivity index (χ0) is 12.3. The van der Waals surface area contributed by atoms with Crippen LogP contribution >= 0.6 is 0 Å². The van der Waals surface area contributed by atoms with Crippen molar-refractivity contribution in [1.82, 2.24) is 4.98 Å². The maximum absolute atomic E-state index is 13.2. The number of aromatic nitrogens is 1. The summed E-state index contributed by atoms with van der Waals surface area (Å²) in [5, 5.41) is 0. The minimum absolute atomic E-state index is 0.0217. The van der Waals surface area contributed by atoms with E-state index in [4.69, 9.17) is 4.74 Å². The molecule has 0 N–H and O–H groups in total. The van der Waals surface area contributed by atoms with Crippen LogP contribution in [0.15, 0.2) is 36.5 Å². The van der Waals surface area contributed by atoms with Crippen LogP contribution in [0, 0.1) is 5.82 Å². The molecule has 86 valence electrons. The lowest BCUT2D eigenvalue weighted by Gasteiger charge is -2.07. The molecular weight excluding hydrogens is 221 g/mol. The van der Waals surface area contributed by atoms with Gasteiger partial charge in [0.15, 0.2) is 6.29 Å². The highest BCUT2D eigenvalue weighted by atomic mass is 19.1. The van der Waals surface area contributed by atoms with Crippen molar-refractivity contribution in [3.05, 3.63) is 47.9 Å². The van der Waals surface area contributed by atoms with Crippen LogP contribution < -0.4 is 4.74 Å². The van der Waals surface area contributed by atoms with Gasteiger partial charge in [0.2, 0.25) is 5.88 Å². The second-order valence-electron chi connectivity index (χ2n) is 3.41. The average molecular weight is 231 g/mol. The van der Waals surface area contributed by atoms with E-state index < -0.39 is 5.82 Å². The Bertz CT molecular complexity index is 555. The second kappa shape index (κ2) is 4.74. The molecule has 2 rings (SSSR count). The van der Waals surface area contributed by atoms with E-state index in [1.165, 1.54) is 19.2 Å². The molecule has 0 unspecified atom stereocenters. The number of carbonyl (C=O) groups is 1. The molecule has 0 spiro atoms. The van der Waals surface area contributed by atoms with Gasteiger partial charge in [0.05, 0.1) is 12.7 Å². The van der Waals surface area contributed by atoms with Crippen LogP contribution in [0.3, 0.4) is 0 Å². The van der Waals surface area contributed by atoms with Crippen LogP contribution in [0.4, 0.5) is 4.39 Å². The first kappa shape index (κ1) is 11.3. The van der Waals surface area contributed by atoms with E-state index in [0.29, 0.717) is 17.7 Å². The van der Waals surface area contributed by atoms with Gasteiger partial charge >= 0.3 is 0 Å². The summed E-state index contributed by atoms with van der Waals surface area (Å²) in [6.45, 7) is 0. The number of halogens is 1. The number of benzene rings is 1. The number of hydrogen-bond donors (Lipinski definition) is 0. The first-order valence-corrected chi connectivity index (χ1v) is 5.00. The fourth-order valence-corrected chi connectivity index (χ4v) is 1.57. The molecule has 0 atom stereocenters. The van der Waals surface area contributed by atoms with Gasteiger partial charge in [0.25, 0.3) is 0 Å². The third kappa shape index (κ3) is 2.15. The number of hydrogen-bond acceptors (Lipinski definition) is 3. The lowest BCUT2D eigenvalue weighted by molar-refractivity contribution is 0.112. The van der Waals surface area contributed by atoms with Gasteiger partial charge in [-0.3, -0.25) is 4.79 Å². The van der Waals surface area contributed by atoms with Crippen molar-refractivity contribution >= 4 is 6.29 Å². The smallest absolute Gasteiger partial charge is 0.221 e. The lowest BCUT2D eigenvalue weighted by atomic mass is 10.0. The summed E-state index contributed by atoms with van der Waals surface area (Å²) < 4.78 is 18.3. The maximum atomic E-state index is 13.2. The quantitative estimate of drug-likeness (QED) is 0.762. The minimum atomic E-state index is -0.536. The molecule has 0 aliphatic heterocycles. The van der Waals surface area contributed by atoms with Crippen molar-refractivity contribution in [1.29, 1.82) is 0 Å². The summed E-state index contributed by atoms with van der Waals surface area (Å²) in [4.78, 5) is 14.7. The Balaban J connectivity index is 2.56. The van der Waals surface area contributed by atoms with Crippen LogP contribution in [0.5, 0.6) is 5.88 Å². The number of rotatable bonds is 3. The highest BCUT2D eigenvalue weighted by Gasteiger charge is 2.09. The molecule has 0 aliphatic carbocycles. The summed E-state index contributed by atoms with van der Waals surface area (Å²) in [5.41, 5.74) is 1.44. The van der Waals surface area contributed by atoms with Gasteiger partial charge in [0.1, 0.15) is 5.82 Å². The molecule has 1 aromatic carbocycles. The molecule has 2 aromatic rings. The molecule has 0 aliphatic rings. The third-order valence-electron chi connectivity index (χ3n) is 2.40. The van der Waals surface area contributed by atoms with Gasteiger partial charge < -0.3 is 4.74 Å². The summed E-state index contributed by atoms with van der Waals surface area (Å²) in [6.07, 6.45) is 2.09. The molecule has 1 heterocycles. The van der Waals surface area contributed by atoms with Crippen LogP contribution in [0.1, 0.15) is 10.4 Å². The zero-order valence-electron chi connectivity index (χ0n) is 9.18. The molecule has 3 nitrogen and oxygen atoms in total. The fraction of sp³-hybridized carbons (Fsp3) is 0.0769. The van der Waals surface area contributed by atoms with E-state index >= 15 is 0 Å². The number of ether oxygens (including phenoxy) is 1. The van der Waals surface area contributed by atoms with Gasteiger partial charge in [0, 0.05) is 11.8 Å². The van der Waals surface area contributed by atoms with Crippen LogP contribution in [-0.4, -0.2) is 18.4 Å². The predicted molar refractivity (Wildman–Crippen MR) is 61.6 cm³/mol. The van der Waals surface area contributed by atoms with Gasteiger partial charge in [-0.1, -0.05) is 6.07 Å². The Morgan fingerprint density at radius 3 is 2.88 bits per heavy atom. The van der Waals surface area contributed by atoms with Crippen LogP contribution in [-0.2, 0) is 0 Å². The summed E-state index contributed by atoms with van der Waals surface area (Å²) in [6, 6.07) is 7.87. The molecule has 0 amide bonds. The molecular formula is C13H10FNO2. The Morgan fingerprint density at radius 1 is 1.35 bits per heavy atom. The Labute approximate surface area is 97.9 Å². The van der Waals surface area contributed by atoms with E-state index in [9.17, 15) is 9.18 Å². The number of carbonyl (C=O) groups excluding carboxylic acids is 1. The van der Waals surface area contributed by atoms with E-state index in [0.717, 1.165) is 5.56 Å². The van der Waals surface area contributed by atoms with Crippen molar-refractivity contribution in [2.24, 2.45) is 0 Å². The second-order valence-corrected chi connectivity index (χ2v) is 3.41. The van der Waals surface area contributed by atoms with Gasteiger partial charge in [-0.25, -0.2) is 9.37 Å². The lowest BCUT2D eigenvalue weighted by Crippen LogP contribution is -1.93. The molecule has 0 saturated heterocycles. The number of methoxy groups -OCH3 is 1. The first-order valence-electron chi connectivity index (χ1n) is 5.00. The zero-order valence-corrected chi connectivity index (χ0v) is 9.18. The van der Waals surface area contributed by atoms with E-state index in [2.05, 4.69) is 4.98 Å². The largest absolute Gasteiger partial charge is 0.481 e. The van der Waals surface area contributed by atoms with E-state index in [1.54, 1.807) is 24.4 Å². The third-order valence-corrected chi connectivity index (χ3v) is 2.40. The van der Waals surface area contributed by atoms with E-state index in [1.807, 2.05) is 0 Å². The predicted octanol–water partition coefficient (Wildman–Crippen LogP) is 2.71. The Morgan fingerprint density at radius 2 is 2.18 bits per heavy atom. The highest BCUT2D eigenvalue weighted by Crippen LogP contribution is 2.28. The summed E-state index contributed by atoms with van der Waals surface area (Å²) >= 11 is 0. The van der Waals surface area contributed by atoms with E-state index in [-0.39, 0.29) is 5.56 Å². The van der Waals surface area contributed by atoms with Crippen molar-refractivity contribution in [3.8, 4) is 17.0 Å². The SMILES string of the molecule is COc1ncccc1-c1ccc(F)c(C=O)c1. The average Bonchev–Trinajstić information content (AvgIpc) is 2.39. The van der Waals surface area contributed by atoms with Gasteiger partial charge in [-0.05, 0) is 29.8 Å². The molecule has 1 aromatic heterocycles. The van der Waals surface area contributed by atoms with Crippen molar-refractivity contribution in [2.45, 2.75) is 0 Å². The molecule has 17 heavy (non-hydrogen) atoms. The summed E-state index contributed by atoms with van der Waals surface area (Å²) in [7, 11) is 1.51. The van der Waals surface area contributed by atoms with Crippen LogP contribution in [0.25, 0.3) is 11.1 Å².